The van der Waals surface area contributed by atoms with Gasteiger partial charge in [-0.05, 0) is 71.8 Å². The van der Waals surface area contributed by atoms with Crippen molar-refractivity contribution in [2.75, 3.05) is 6.61 Å². The van der Waals surface area contributed by atoms with Crippen LogP contribution in [0, 0.1) is 0 Å². The monoisotopic (exact) mass is 556 g/mol. The Kier molecular flexibility index (Phi) is 15.1. The van der Waals surface area contributed by atoms with Gasteiger partial charge < -0.3 is 9.47 Å². The van der Waals surface area contributed by atoms with Crippen molar-refractivity contribution in [3.8, 4) is 22.6 Å². The second-order valence-electron chi connectivity index (χ2n) is 11.5. The van der Waals surface area contributed by atoms with Crippen molar-refractivity contribution in [1.29, 1.82) is 0 Å². The van der Waals surface area contributed by atoms with Crippen molar-refractivity contribution in [3.63, 3.8) is 0 Å². The third kappa shape index (κ3) is 12.1. The summed E-state index contributed by atoms with van der Waals surface area (Å²) < 4.78 is 11.6. The summed E-state index contributed by atoms with van der Waals surface area (Å²) in [5.41, 5.74) is 4.05. The van der Waals surface area contributed by atoms with Crippen LogP contribution in [0.3, 0.4) is 0 Å². The minimum atomic E-state index is -0.323. The van der Waals surface area contributed by atoms with Gasteiger partial charge in [0.25, 0.3) is 0 Å². The highest BCUT2D eigenvalue weighted by Gasteiger charge is 2.11. The van der Waals surface area contributed by atoms with E-state index in [1.165, 1.54) is 89.0 Å². The molecule has 0 aliphatic rings. The number of hydrogen-bond donors (Lipinski definition) is 0. The van der Waals surface area contributed by atoms with Gasteiger partial charge in [-0.25, -0.2) is 4.79 Å². The SMILES string of the molecule is CCCCCCCCCC(C)c1ccc(C(=O)Oc2ccc(-c3ccc(OCCCCCCCC)cc3)cc2)cc1. The van der Waals surface area contributed by atoms with Gasteiger partial charge in [-0.15, -0.1) is 0 Å². The normalized spacial score (nSPS) is 11.8. The number of unbranched alkanes of at least 4 members (excludes halogenated alkanes) is 11. The molecule has 3 aromatic rings. The molecule has 0 aliphatic heterocycles. The van der Waals surface area contributed by atoms with Crippen LogP contribution in [-0.4, -0.2) is 12.6 Å². The largest absolute Gasteiger partial charge is 0.494 e. The number of benzene rings is 3. The van der Waals surface area contributed by atoms with Gasteiger partial charge in [-0.2, -0.15) is 0 Å². The molecule has 0 bridgehead atoms. The molecule has 41 heavy (non-hydrogen) atoms. The zero-order chi connectivity index (χ0) is 29.1. The van der Waals surface area contributed by atoms with E-state index >= 15 is 0 Å². The van der Waals surface area contributed by atoms with Crippen LogP contribution in [-0.2, 0) is 0 Å². The minimum Gasteiger partial charge on any atom is -0.494 e. The van der Waals surface area contributed by atoms with Gasteiger partial charge in [0, 0.05) is 0 Å². The predicted octanol–water partition coefficient (Wildman–Crippen LogP) is 11.6. The zero-order valence-corrected chi connectivity index (χ0v) is 25.8. The Balaban J connectivity index is 1.40. The number of carbonyl (C=O) groups is 1. The second kappa shape index (κ2) is 19.1. The predicted molar refractivity (Wildman–Crippen MR) is 173 cm³/mol. The molecule has 0 N–H and O–H groups in total. The van der Waals surface area contributed by atoms with Crippen molar-refractivity contribution in [1.82, 2.24) is 0 Å². The summed E-state index contributed by atoms with van der Waals surface area (Å²) in [6.45, 7) is 7.56. The average molecular weight is 557 g/mol. The van der Waals surface area contributed by atoms with E-state index in [1.807, 2.05) is 48.5 Å². The number of hydrogen-bond acceptors (Lipinski definition) is 3. The Hall–Kier alpha value is -3.07. The first-order valence-corrected chi connectivity index (χ1v) is 16.3. The van der Waals surface area contributed by atoms with Crippen LogP contribution in [0.2, 0.25) is 0 Å². The van der Waals surface area contributed by atoms with E-state index in [9.17, 15) is 4.79 Å². The van der Waals surface area contributed by atoms with Crippen LogP contribution in [0.4, 0.5) is 0 Å². The van der Waals surface area contributed by atoms with Crippen LogP contribution < -0.4 is 9.47 Å². The fraction of sp³-hybridized carbons (Fsp3) is 0.500. The standard InChI is InChI=1S/C38H52O3/c1-4-6-8-10-12-13-15-17-31(3)32-18-20-35(21-19-32)38(39)41-37-28-24-34(25-29-37)33-22-26-36(27-23-33)40-30-16-14-11-9-7-5-2/h18-29,31H,4-17,30H2,1-3H3. The van der Waals surface area contributed by atoms with Gasteiger partial charge >= 0.3 is 5.97 Å². The summed E-state index contributed by atoms with van der Waals surface area (Å²) in [5, 5.41) is 0. The highest BCUT2D eigenvalue weighted by atomic mass is 16.5. The van der Waals surface area contributed by atoms with Crippen molar-refractivity contribution in [3.05, 3.63) is 83.9 Å². The maximum atomic E-state index is 12.7. The molecule has 0 aliphatic carbocycles. The first kappa shape index (κ1) is 32.4. The van der Waals surface area contributed by atoms with Gasteiger partial charge in [0.2, 0.25) is 0 Å². The van der Waals surface area contributed by atoms with Crippen LogP contribution in [0.25, 0.3) is 11.1 Å². The average Bonchev–Trinajstić information content (AvgIpc) is 3.01. The highest BCUT2D eigenvalue weighted by molar-refractivity contribution is 5.91. The third-order valence-electron chi connectivity index (χ3n) is 7.98. The van der Waals surface area contributed by atoms with E-state index in [4.69, 9.17) is 9.47 Å². The summed E-state index contributed by atoms with van der Waals surface area (Å²) in [7, 11) is 0. The van der Waals surface area contributed by atoms with E-state index in [2.05, 4.69) is 45.0 Å². The molecule has 0 heterocycles. The maximum Gasteiger partial charge on any atom is 0.343 e. The second-order valence-corrected chi connectivity index (χ2v) is 11.5. The lowest BCUT2D eigenvalue weighted by Gasteiger charge is -2.12. The lowest BCUT2D eigenvalue weighted by Crippen LogP contribution is -2.08. The molecule has 1 unspecified atom stereocenters. The summed E-state index contributed by atoms with van der Waals surface area (Å²) in [4.78, 5) is 12.7. The first-order valence-electron chi connectivity index (χ1n) is 16.3. The van der Waals surface area contributed by atoms with Crippen LogP contribution in [0.15, 0.2) is 72.8 Å². The Morgan fingerprint density at radius 2 is 1.07 bits per heavy atom. The molecule has 0 saturated heterocycles. The Labute approximate surface area is 249 Å². The molecule has 1 atom stereocenters. The van der Waals surface area contributed by atoms with Crippen LogP contribution >= 0.6 is 0 Å². The van der Waals surface area contributed by atoms with Crippen molar-refractivity contribution < 1.29 is 14.3 Å². The highest BCUT2D eigenvalue weighted by Crippen LogP contribution is 2.26. The minimum absolute atomic E-state index is 0.323. The molecule has 0 fully saturated rings. The molecule has 0 aromatic heterocycles. The van der Waals surface area contributed by atoms with Gasteiger partial charge in [-0.3, -0.25) is 0 Å². The van der Waals surface area contributed by atoms with Gasteiger partial charge in [0.15, 0.2) is 0 Å². The molecule has 3 aromatic carbocycles. The molecule has 0 spiro atoms. The quantitative estimate of drug-likeness (QED) is 0.0788. The Bertz CT molecular complexity index is 1100. The van der Waals surface area contributed by atoms with Crippen LogP contribution in [0.1, 0.15) is 133 Å². The maximum absolute atomic E-state index is 12.7. The third-order valence-corrected chi connectivity index (χ3v) is 7.98. The number of rotatable bonds is 20. The van der Waals surface area contributed by atoms with Gasteiger partial charge in [-0.1, -0.05) is 134 Å². The fourth-order valence-electron chi connectivity index (χ4n) is 5.22. The van der Waals surface area contributed by atoms with E-state index in [-0.39, 0.29) is 5.97 Å². The van der Waals surface area contributed by atoms with E-state index in [1.54, 1.807) is 0 Å². The molecule has 3 heteroatoms. The van der Waals surface area contributed by atoms with Crippen LogP contribution in [0.5, 0.6) is 11.5 Å². The molecule has 3 nitrogen and oxygen atoms in total. The Morgan fingerprint density at radius 3 is 1.63 bits per heavy atom. The molecule has 3 rings (SSSR count). The summed E-state index contributed by atoms with van der Waals surface area (Å²) in [5.74, 6) is 1.64. The summed E-state index contributed by atoms with van der Waals surface area (Å²) >= 11 is 0. The summed E-state index contributed by atoms with van der Waals surface area (Å²) in [6, 6.07) is 23.8. The van der Waals surface area contributed by atoms with Crippen molar-refractivity contribution in [2.24, 2.45) is 0 Å². The zero-order valence-electron chi connectivity index (χ0n) is 25.8. The topological polar surface area (TPSA) is 35.5 Å². The van der Waals surface area contributed by atoms with Gasteiger partial charge in [0.05, 0.1) is 12.2 Å². The van der Waals surface area contributed by atoms with E-state index < -0.39 is 0 Å². The summed E-state index contributed by atoms with van der Waals surface area (Å²) in [6.07, 6.45) is 18.1. The van der Waals surface area contributed by atoms with Gasteiger partial charge in [0.1, 0.15) is 11.5 Å². The number of esters is 1. The van der Waals surface area contributed by atoms with E-state index in [0.717, 1.165) is 29.9 Å². The molecule has 0 radical (unpaired) electrons. The first-order chi connectivity index (χ1) is 20.1. The lowest BCUT2D eigenvalue weighted by atomic mass is 9.94. The molecule has 222 valence electrons. The Morgan fingerprint density at radius 1 is 0.585 bits per heavy atom. The van der Waals surface area contributed by atoms with Crippen molar-refractivity contribution >= 4 is 5.97 Å². The molecule has 0 amide bonds. The molecular formula is C38H52O3. The molecule has 0 saturated carbocycles. The lowest BCUT2D eigenvalue weighted by molar-refractivity contribution is 0.0734. The molecular weight excluding hydrogens is 504 g/mol. The number of carbonyl (C=O) groups excluding carboxylic acids is 1. The fourth-order valence-corrected chi connectivity index (χ4v) is 5.22. The van der Waals surface area contributed by atoms with E-state index in [0.29, 0.717) is 17.2 Å². The number of ether oxygens (including phenoxy) is 2. The van der Waals surface area contributed by atoms with Crippen molar-refractivity contribution in [2.45, 2.75) is 117 Å². The smallest absolute Gasteiger partial charge is 0.343 e.